The molecule has 2 aliphatic heterocycles. The molecule has 0 bridgehead atoms. The number of fused-ring (bicyclic) bond motifs is 2. The standard InChI is InChI=1S/C31H31ClF3N9O4/c1-2-23-26(41-9-7-36-8-10-41)28(46)44-29(43(23)17-25(45)37-21-6-4-19(16-20(21)32)31(33,34)35)39-27(40-44)18-3-5-22-24(15-18)48-30(38-22)42-11-13-47-14-12-42/h3-6,15-16,36H,2,7-14,17H2,1H3,(H,37,45). The van der Waals surface area contributed by atoms with E-state index in [0.717, 1.165) is 18.2 Å². The van der Waals surface area contributed by atoms with E-state index in [0.29, 0.717) is 93.0 Å². The molecule has 252 valence electrons. The molecule has 48 heavy (non-hydrogen) atoms. The maximum atomic E-state index is 14.1. The Morgan fingerprint density at radius 3 is 2.52 bits per heavy atom. The molecule has 5 heterocycles. The number of carbonyl (C=O) groups excluding carboxylic acids is 1. The van der Waals surface area contributed by atoms with Crippen LogP contribution in [0, 0.1) is 0 Å². The van der Waals surface area contributed by atoms with Gasteiger partial charge in [0.25, 0.3) is 11.6 Å². The number of carbonyl (C=O) groups is 1. The minimum Gasteiger partial charge on any atom is -0.423 e. The monoisotopic (exact) mass is 685 g/mol. The Morgan fingerprint density at radius 2 is 1.81 bits per heavy atom. The maximum Gasteiger partial charge on any atom is 0.416 e. The van der Waals surface area contributed by atoms with Gasteiger partial charge >= 0.3 is 6.18 Å². The lowest BCUT2D eigenvalue weighted by atomic mass is 10.2. The third-order valence-corrected chi connectivity index (χ3v) is 8.70. The van der Waals surface area contributed by atoms with Crippen molar-refractivity contribution in [3.63, 3.8) is 0 Å². The summed E-state index contributed by atoms with van der Waals surface area (Å²) in [6.45, 7) is 6.51. The van der Waals surface area contributed by atoms with Crippen molar-refractivity contribution < 1.29 is 27.1 Å². The second kappa shape index (κ2) is 12.7. The number of hydrogen-bond donors (Lipinski definition) is 2. The van der Waals surface area contributed by atoms with Gasteiger partial charge in [0, 0.05) is 44.8 Å². The number of aromatic nitrogens is 5. The summed E-state index contributed by atoms with van der Waals surface area (Å²) in [5.41, 5.74) is 1.43. The molecule has 2 aromatic carbocycles. The summed E-state index contributed by atoms with van der Waals surface area (Å²) >= 11 is 6.12. The fraction of sp³-hybridized carbons (Fsp3) is 0.387. The molecule has 3 aromatic heterocycles. The van der Waals surface area contributed by atoms with Crippen molar-refractivity contribution in [2.75, 3.05) is 67.6 Å². The molecule has 2 saturated heterocycles. The number of anilines is 3. The molecule has 0 aliphatic carbocycles. The Bertz CT molecular complexity index is 2060. The Hall–Kier alpha value is -4.67. The highest BCUT2D eigenvalue weighted by Crippen LogP contribution is 2.34. The van der Waals surface area contributed by atoms with Crippen LogP contribution in [0.25, 0.3) is 28.3 Å². The van der Waals surface area contributed by atoms with Gasteiger partial charge in [-0.3, -0.25) is 9.59 Å². The van der Waals surface area contributed by atoms with Gasteiger partial charge in [-0.25, -0.2) is 0 Å². The van der Waals surface area contributed by atoms with E-state index >= 15 is 0 Å². The summed E-state index contributed by atoms with van der Waals surface area (Å²) in [6, 6.07) is 8.54. The van der Waals surface area contributed by atoms with E-state index in [1.807, 2.05) is 16.7 Å². The van der Waals surface area contributed by atoms with Crippen molar-refractivity contribution in [3.8, 4) is 11.4 Å². The van der Waals surface area contributed by atoms with Crippen LogP contribution in [0.2, 0.25) is 5.02 Å². The normalized spacial score (nSPS) is 15.9. The minimum atomic E-state index is -4.58. The molecule has 2 N–H and O–H groups in total. The predicted octanol–water partition coefficient (Wildman–Crippen LogP) is 3.82. The number of benzene rings is 2. The van der Waals surface area contributed by atoms with Gasteiger partial charge in [0.15, 0.2) is 11.4 Å². The number of hydrogen-bond acceptors (Lipinski definition) is 10. The van der Waals surface area contributed by atoms with Crippen LogP contribution in [0.1, 0.15) is 18.2 Å². The molecule has 13 nitrogen and oxygen atoms in total. The topological polar surface area (TPSA) is 135 Å². The predicted molar refractivity (Wildman–Crippen MR) is 173 cm³/mol. The molecular formula is C31H31ClF3N9O4. The Kier molecular flexibility index (Phi) is 8.47. The van der Waals surface area contributed by atoms with Gasteiger partial charge in [-0.2, -0.15) is 27.7 Å². The molecule has 7 rings (SSSR count). The fourth-order valence-corrected chi connectivity index (χ4v) is 6.24. The number of nitrogens with one attached hydrogen (secondary N) is 2. The fourth-order valence-electron chi connectivity index (χ4n) is 6.01. The molecule has 0 radical (unpaired) electrons. The molecule has 17 heteroatoms. The Labute approximate surface area is 276 Å². The summed E-state index contributed by atoms with van der Waals surface area (Å²) in [6.07, 6.45) is -4.20. The number of nitrogens with zero attached hydrogens (tertiary/aromatic N) is 7. The van der Waals surface area contributed by atoms with Gasteiger partial charge in [-0.05, 0) is 42.8 Å². The highest BCUT2D eigenvalue weighted by atomic mass is 35.5. The van der Waals surface area contributed by atoms with Gasteiger partial charge in [0.2, 0.25) is 11.7 Å². The van der Waals surface area contributed by atoms with Crippen molar-refractivity contribution in [3.05, 3.63) is 63.0 Å². The Balaban J connectivity index is 1.28. The quantitative estimate of drug-likeness (QED) is 0.260. The molecule has 0 spiro atoms. The van der Waals surface area contributed by atoms with Crippen LogP contribution in [0.5, 0.6) is 0 Å². The molecule has 2 aliphatic rings. The van der Waals surface area contributed by atoms with Gasteiger partial charge in [-0.1, -0.05) is 18.5 Å². The molecule has 1 amide bonds. The van der Waals surface area contributed by atoms with Crippen molar-refractivity contribution >= 4 is 51.8 Å². The largest absolute Gasteiger partial charge is 0.423 e. The van der Waals surface area contributed by atoms with Crippen molar-refractivity contribution in [2.45, 2.75) is 26.1 Å². The van der Waals surface area contributed by atoms with Gasteiger partial charge in [0.05, 0.1) is 35.2 Å². The number of halogens is 4. The summed E-state index contributed by atoms with van der Waals surface area (Å²) < 4.78 is 53.8. The van der Waals surface area contributed by atoms with Crippen molar-refractivity contribution in [1.82, 2.24) is 29.5 Å². The van der Waals surface area contributed by atoms with E-state index in [2.05, 4.69) is 20.7 Å². The van der Waals surface area contributed by atoms with Gasteiger partial charge in [-0.15, -0.1) is 5.10 Å². The number of ether oxygens (including phenoxy) is 1. The first-order valence-corrected chi connectivity index (χ1v) is 15.9. The molecule has 0 unspecified atom stereocenters. The summed E-state index contributed by atoms with van der Waals surface area (Å²) in [4.78, 5) is 40.8. The van der Waals surface area contributed by atoms with Gasteiger partial charge < -0.3 is 34.2 Å². The highest BCUT2D eigenvalue weighted by Gasteiger charge is 2.31. The number of oxazole rings is 1. The zero-order chi connectivity index (χ0) is 33.6. The van der Waals surface area contributed by atoms with E-state index < -0.39 is 17.6 Å². The number of rotatable bonds is 7. The summed E-state index contributed by atoms with van der Waals surface area (Å²) in [5.74, 6) is -0.213. The smallest absolute Gasteiger partial charge is 0.416 e. The van der Waals surface area contributed by atoms with Gasteiger partial charge in [0.1, 0.15) is 17.7 Å². The SMILES string of the molecule is CCc1c(N2CCNCC2)c(=O)n2nc(-c3ccc4nc(N5CCOCC5)oc4c3)nc2n1CC(=O)Nc1ccc(C(F)(F)F)cc1Cl. The van der Waals surface area contributed by atoms with Crippen LogP contribution >= 0.6 is 11.6 Å². The molecule has 0 atom stereocenters. The Morgan fingerprint density at radius 1 is 1.04 bits per heavy atom. The number of amides is 1. The van der Waals surface area contributed by atoms with Crippen LogP contribution in [0.15, 0.2) is 45.6 Å². The first kappa shape index (κ1) is 31.9. The third-order valence-electron chi connectivity index (χ3n) is 8.38. The van der Waals surface area contributed by atoms with Crippen LogP contribution < -0.4 is 26.0 Å². The molecule has 0 saturated carbocycles. The van der Waals surface area contributed by atoms with E-state index in [9.17, 15) is 22.8 Å². The number of morpholine rings is 1. The van der Waals surface area contributed by atoms with E-state index in [4.69, 9.17) is 25.7 Å². The lowest BCUT2D eigenvalue weighted by molar-refractivity contribution is -0.137. The lowest BCUT2D eigenvalue weighted by Crippen LogP contribution is -2.47. The average Bonchev–Trinajstić information content (AvgIpc) is 3.72. The molecule has 2 fully saturated rings. The van der Waals surface area contributed by atoms with Crippen LogP contribution in [0.4, 0.5) is 30.6 Å². The van der Waals surface area contributed by atoms with Crippen molar-refractivity contribution in [1.29, 1.82) is 0 Å². The highest BCUT2D eigenvalue weighted by molar-refractivity contribution is 6.33. The second-order valence-electron chi connectivity index (χ2n) is 11.4. The zero-order valence-corrected chi connectivity index (χ0v) is 26.6. The number of piperazine rings is 1. The van der Waals surface area contributed by atoms with E-state index in [1.165, 1.54) is 4.52 Å². The molecular weight excluding hydrogens is 655 g/mol. The van der Waals surface area contributed by atoms with E-state index in [1.54, 1.807) is 22.8 Å². The second-order valence-corrected chi connectivity index (χ2v) is 11.9. The summed E-state index contributed by atoms with van der Waals surface area (Å²) in [5, 5.41) is 10.2. The van der Waals surface area contributed by atoms with Crippen LogP contribution in [-0.4, -0.2) is 82.5 Å². The number of alkyl halides is 3. The van der Waals surface area contributed by atoms with Crippen molar-refractivity contribution in [2.24, 2.45) is 0 Å². The third kappa shape index (κ3) is 6.06. The minimum absolute atomic E-state index is 0.0195. The maximum absolute atomic E-state index is 14.1. The van der Waals surface area contributed by atoms with Crippen LogP contribution in [-0.2, 0) is 28.7 Å². The zero-order valence-electron chi connectivity index (χ0n) is 25.8. The molecule has 5 aromatic rings. The first-order valence-electron chi connectivity index (χ1n) is 15.5. The summed E-state index contributed by atoms with van der Waals surface area (Å²) in [7, 11) is 0. The first-order chi connectivity index (χ1) is 23.1. The lowest BCUT2D eigenvalue weighted by Gasteiger charge is -2.31. The van der Waals surface area contributed by atoms with E-state index in [-0.39, 0.29) is 34.4 Å². The average molecular weight is 686 g/mol. The van der Waals surface area contributed by atoms with Crippen LogP contribution in [0.3, 0.4) is 0 Å².